The van der Waals surface area contributed by atoms with Crippen molar-refractivity contribution in [1.29, 1.82) is 0 Å². The second-order valence-corrected chi connectivity index (χ2v) is 6.09. The van der Waals surface area contributed by atoms with Gasteiger partial charge in [0.05, 0.1) is 12.2 Å². The molecule has 1 atom stereocenters. The quantitative estimate of drug-likeness (QED) is 0.742. The fraction of sp³-hybridized carbons (Fsp3) is 0.500. The average molecular weight is 351 g/mol. The standard InChI is InChI=1S/C16H23ClN6O/c1-4-5-8-23-16(17)14(13(3)21-23)6-7-15(24)20-12(2)9-22-11-18-10-19-22/h6-7,10-12H,4-5,8-9H2,1-3H3,(H,20,24). The van der Waals surface area contributed by atoms with Gasteiger partial charge < -0.3 is 5.32 Å². The van der Waals surface area contributed by atoms with Crippen molar-refractivity contribution in [1.82, 2.24) is 29.9 Å². The number of carbonyl (C=O) groups excluding carboxylic acids is 1. The Labute approximate surface area is 146 Å². The van der Waals surface area contributed by atoms with Crippen LogP contribution in [0.3, 0.4) is 0 Å². The Kier molecular flexibility index (Phi) is 6.54. The molecule has 7 nitrogen and oxygen atoms in total. The van der Waals surface area contributed by atoms with Crippen LogP contribution in [-0.2, 0) is 17.9 Å². The Morgan fingerprint density at radius 2 is 2.29 bits per heavy atom. The Morgan fingerprint density at radius 1 is 1.50 bits per heavy atom. The van der Waals surface area contributed by atoms with Gasteiger partial charge in [0, 0.05) is 24.2 Å². The molecule has 130 valence electrons. The fourth-order valence-electron chi connectivity index (χ4n) is 2.32. The normalized spacial score (nSPS) is 12.7. The second kappa shape index (κ2) is 8.63. The van der Waals surface area contributed by atoms with Crippen molar-refractivity contribution in [2.45, 2.75) is 52.7 Å². The van der Waals surface area contributed by atoms with Crippen molar-refractivity contribution in [2.75, 3.05) is 0 Å². The summed E-state index contributed by atoms with van der Waals surface area (Å²) in [5, 5.41) is 11.9. The van der Waals surface area contributed by atoms with Gasteiger partial charge in [-0.3, -0.25) is 14.2 Å². The minimum atomic E-state index is -0.181. The smallest absolute Gasteiger partial charge is 0.244 e. The zero-order valence-electron chi connectivity index (χ0n) is 14.2. The average Bonchev–Trinajstić information content (AvgIpc) is 3.12. The van der Waals surface area contributed by atoms with Gasteiger partial charge in [0.25, 0.3) is 0 Å². The van der Waals surface area contributed by atoms with Crippen LogP contribution in [0.1, 0.15) is 37.9 Å². The molecule has 1 unspecified atom stereocenters. The van der Waals surface area contributed by atoms with Gasteiger partial charge in [0.1, 0.15) is 17.8 Å². The Balaban J connectivity index is 1.94. The third-order valence-corrected chi connectivity index (χ3v) is 3.95. The van der Waals surface area contributed by atoms with Crippen LogP contribution in [0.15, 0.2) is 18.7 Å². The molecule has 0 bridgehead atoms. The number of unbranched alkanes of at least 4 members (excludes halogenated alkanes) is 1. The fourth-order valence-corrected chi connectivity index (χ4v) is 2.64. The lowest BCUT2D eigenvalue weighted by Crippen LogP contribution is -2.34. The number of aromatic nitrogens is 5. The highest BCUT2D eigenvalue weighted by Gasteiger charge is 2.11. The maximum Gasteiger partial charge on any atom is 0.244 e. The summed E-state index contributed by atoms with van der Waals surface area (Å²) in [7, 11) is 0. The highest BCUT2D eigenvalue weighted by Crippen LogP contribution is 2.21. The molecule has 8 heteroatoms. The molecular weight excluding hydrogens is 328 g/mol. The zero-order valence-corrected chi connectivity index (χ0v) is 15.0. The molecule has 1 amide bonds. The van der Waals surface area contributed by atoms with E-state index in [2.05, 4.69) is 27.4 Å². The van der Waals surface area contributed by atoms with E-state index >= 15 is 0 Å². The van der Waals surface area contributed by atoms with Crippen LogP contribution in [0, 0.1) is 6.92 Å². The molecule has 2 rings (SSSR count). The van der Waals surface area contributed by atoms with E-state index in [0.29, 0.717) is 11.7 Å². The molecule has 0 saturated carbocycles. The van der Waals surface area contributed by atoms with Crippen LogP contribution in [-0.4, -0.2) is 36.5 Å². The van der Waals surface area contributed by atoms with Crippen molar-refractivity contribution in [3.63, 3.8) is 0 Å². The van der Waals surface area contributed by atoms with Crippen molar-refractivity contribution in [2.24, 2.45) is 0 Å². The van der Waals surface area contributed by atoms with Crippen LogP contribution in [0.25, 0.3) is 6.08 Å². The first kappa shape index (κ1) is 18.2. The monoisotopic (exact) mass is 350 g/mol. The largest absolute Gasteiger partial charge is 0.348 e. The van der Waals surface area contributed by atoms with Gasteiger partial charge in [-0.15, -0.1) is 0 Å². The molecule has 0 saturated heterocycles. The lowest BCUT2D eigenvalue weighted by Gasteiger charge is -2.11. The third-order valence-electron chi connectivity index (χ3n) is 3.55. The molecule has 2 heterocycles. The SMILES string of the molecule is CCCCn1nc(C)c(C=CC(=O)NC(C)Cn2cncn2)c1Cl. The summed E-state index contributed by atoms with van der Waals surface area (Å²) in [6, 6.07) is -0.0623. The second-order valence-electron chi connectivity index (χ2n) is 5.73. The predicted molar refractivity (Wildman–Crippen MR) is 93.5 cm³/mol. The molecule has 0 fully saturated rings. The van der Waals surface area contributed by atoms with Gasteiger partial charge in [-0.2, -0.15) is 10.2 Å². The van der Waals surface area contributed by atoms with E-state index in [1.54, 1.807) is 21.8 Å². The van der Waals surface area contributed by atoms with Crippen LogP contribution in [0.2, 0.25) is 5.15 Å². The summed E-state index contributed by atoms with van der Waals surface area (Å²) in [6.07, 6.45) is 8.38. The minimum absolute atomic E-state index is 0.0623. The number of nitrogens with zero attached hydrogens (tertiary/aromatic N) is 5. The Bertz CT molecular complexity index is 692. The lowest BCUT2D eigenvalue weighted by atomic mass is 10.2. The first-order valence-corrected chi connectivity index (χ1v) is 8.43. The topological polar surface area (TPSA) is 77.6 Å². The first-order valence-electron chi connectivity index (χ1n) is 8.05. The van der Waals surface area contributed by atoms with E-state index in [1.165, 1.54) is 12.4 Å². The summed E-state index contributed by atoms with van der Waals surface area (Å²) >= 11 is 6.35. The summed E-state index contributed by atoms with van der Waals surface area (Å²) in [5.41, 5.74) is 1.60. The van der Waals surface area contributed by atoms with Crippen molar-refractivity contribution >= 4 is 23.6 Å². The Morgan fingerprint density at radius 3 is 2.96 bits per heavy atom. The van der Waals surface area contributed by atoms with Crippen molar-refractivity contribution < 1.29 is 4.79 Å². The van der Waals surface area contributed by atoms with Crippen LogP contribution in [0.4, 0.5) is 0 Å². The number of aryl methyl sites for hydroxylation is 2. The lowest BCUT2D eigenvalue weighted by molar-refractivity contribution is -0.117. The van der Waals surface area contributed by atoms with Crippen molar-refractivity contribution in [3.05, 3.63) is 35.1 Å². The van der Waals surface area contributed by atoms with E-state index in [4.69, 9.17) is 11.6 Å². The highest BCUT2D eigenvalue weighted by molar-refractivity contribution is 6.31. The summed E-state index contributed by atoms with van der Waals surface area (Å²) in [5.74, 6) is -0.181. The molecule has 2 aromatic rings. The molecule has 1 N–H and O–H groups in total. The highest BCUT2D eigenvalue weighted by atomic mass is 35.5. The molecule has 0 aliphatic rings. The number of carbonyl (C=O) groups is 1. The number of hydrogen-bond acceptors (Lipinski definition) is 4. The van der Waals surface area contributed by atoms with E-state index in [9.17, 15) is 4.79 Å². The van der Waals surface area contributed by atoms with Gasteiger partial charge in [0.15, 0.2) is 0 Å². The molecular formula is C16H23ClN6O. The van der Waals surface area contributed by atoms with Crippen molar-refractivity contribution in [3.8, 4) is 0 Å². The Hall–Kier alpha value is -2.15. The van der Waals surface area contributed by atoms with Crippen LogP contribution >= 0.6 is 11.6 Å². The first-order chi connectivity index (χ1) is 11.5. The molecule has 0 spiro atoms. The minimum Gasteiger partial charge on any atom is -0.348 e. The maximum absolute atomic E-state index is 12.0. The molecule has 0 aliphatic carbocycles. The maximum atomic E-state index is 12.0. The predicted octanol–water partition coefficient (Wildman–Crippen LogP) is 2.45. The number of nitrogens with one attached hydrogen (secondary N) is 1. The number of halogens is 1. The van der Waals surface area contributed by atoms with Crippen LogP contribution < -0.4 is 5.32 Å². The van der Waals surface area contributed by atoms with E-state index in [0.717, 1.165) is 30.6 Å². The summed E-state index contributed by atoms with van der Waals surface area (Å²) in [6.45, 7) is 7.27. The molecule has 0 aliphatic heterocycles. The third kappa shape index (κ3) is 4.92. The van der Waals surface area contributed by atoms with Gasteiger partial charge in [-0.1, -0.05) is 24.9 Å². The van der Waals surface area contributed by atoms with Crippen LogP contribution in [0.5, 0.6) is 0 Å². The van der Waals surface area contributed by atoms with Gasteiger partial charge in [-0.05, 0) is 26.3 Å². The molecule has 0 radical (unpaired) electrons. The van der Waals surface area contributed by atoms with E-state index < -0.39 is 0 Å². The van der Waals surface area contributed by atoms with E-state index in [1.807, 2.05) is 13.8 Å². The van der Waals surface area contributed by atoms with Gasteiger partial charge >= 0.3 is 0 Å². The summed E-state index contributed by atoms with van der Waals surface area (Å²) < 4.78 is 3.46. The number of rotatable bonds is 8. The summed E-state index contributed by atoms with van der Waals surface area (Å²) in [4.78, 5) is 15.9. The van der Waals surface area contributed by atoms with E-state index in [-0.39, 0.29) is 11.9 Å². The number of hydrogen-bond donors (Lipinski definition) is 1. The molecule has 0 aromatic carbocycles. The molecule has 24 heavy (non-hydrogen) atoms. The zero-order chi connectivity index (χ0) is 17.5. The molecule has 2 aromatic heterocycles. The van der Waals surface area contributed by atoms with Gasteiger partial charge in [0.2, 0.25) is 5.91 Å². The number of amides is 1. The van der Waals surface area contributed by atoms with Gasteiger partial charge in [-0.25, -0.2) is 4.98 Å².